The van der Waals surface area contributed by atoms with Gasteiger partial charge in [-0.2, -0.15) is 0 Å². The molecule has 0 saturated carbocycles. The van der Waals surface area contributed by atoms with Gasteiger partial charge in [-0.05, 0) is 18.9 Å². The average Bonchev–Trinajstić information content (AvgIpc) is 3.26. The number of carbonyl (C=O) groups is 2. The van der Waals surface area contributed by atoms with Gasteiger partial charge in [0.05, 0.1) is 23.9 Å². The van der Waals surface area contributed by atoms with Crippen molar-refractivity contribution in [1.82, 2.24) is 9.88 Å². The lowest BCUT2D eigenvalue weighted by molar-refractivity contribution is -0.140. The van der Waals surface area contributed by atoms with Crippen molar-refractivity contribution < 1.29 is 18.7 Å². The summed E-state index contributed by atoms with van der Waals surface area (Å²) in [7, 11) is 1.32. The molecule has 1 fully saturated rings. The SMILES string of the molecule is COC(=O)Cc1occc1C(=O)N1CCCC(c2nccs2)C1. The molecule has 7 heteroatoms. The molecule has 122 valence electrons. The lowest BCUT2D eigenvalue weighted by atomic mass is 9.98. The van der Waals surface area contributed by atoms with E-state index in [0.717, 1.165) is 17.8 Å². The summed E-state index contributed by atoms with van der Waals surface area (Å²) in [6.45, 7) is 1.36. The van der Waals surface area contributed by atoms with Crippen molar-refractivity contribution in [3.63, 3.8) is 0 Å². The van der Waals surface area contributed by atoms with Crippen molar-refractivity contribution in [2.24, 2.45) is 0 Å². The second kappa shape index (κ2) is 6.95. The molecule has 1 amide bonds. The zero-order valence-corrected chi connectivity index (χ0v) is 13.7. The molecule has 3 heterocycles. The van der Waals surface area contributed by atoms with E-state index < -0.39 is 5.97 Å². The molecule has 1 saturated heterocycles. The average molecular weight is 334 g/mol. The van der Waals surface area contributed by atoms with Crippen LogP contribution < -0.4 is 0 Å². The number of carbonyl (C=O) groups excluding carboxylic acids is 2. The molecule has 2 aromatic rings. The highest BCUT2D eigenvalue weighted by Gasteiger charge is 2.29. The van der Waals surface area contributed by atoms with Gasteiger partial charge >= 0.3 is 5.97 Å². The van der Waals surface area contributed by atoms with Gasteiger partial charge in [0.1, 0.15) is 12.2 Å². The molecular formula is C16H18N2O4S. The Morgan fingerprint density at radius 3 is 3.13 bits per heavy atom. The molecule has 1 atom stereocenters. The van der Waals surface area contributed by atoms with E-state index in [1.54, 1.807) is 23.6 Å². The summed E-state index contributed by atoms with van der Waals surface area (Å²) in [5, 5.41) is 3.03. The lowest BCUT2D eigenvalue weighted by Gasteiger charge is -2.31. The Labute approximate surface area is 138 Å². The Kier molecular flexibility index (Phi) is 4.76. The van der Waals surface area contributed by atoms with Crippen LogP contribution in [-0.2, 0) is 16.0 Å². The van der Waals surface area contributed by atoms with Crippen molar-refractivity contribution in [2.45, 2.75) is 25.2 Å². The first-order valence-electron chi connectivity index (χ1n) is 7.51. The highest BCUT2D eigenvalue weighted by molar-refractivity contribution is 7.09. The molecule has 0 spiro atoms. The minimum Gasteiger partial charge on any atom is -0.469 e. The quantitative estimate of drug-likeness (QED) is 0.803. The third-order valence-electron chi connectivity index (χ3n) is 4.02. The maximum atomic E-state index is 12.8. The van der Waals surface area contributed by atoms with Gasteiger partial charge in [0.2, 0.25) is 0 Å². The van der Waals surface area contributed by atoms with Crippen molar-refractivity contribution in [2.75, 3.05) is 20.2 Å². The number of amides is 1. The summed E-state index contributed by atoms with van der Waals surface area (Å²) < 4.78 is 9.93. The van der Waals surface area contributed by atoms with Gasteiger partial charge in [-0.3, -0.25) is 9.59 Å². The zero-order chi connectivity index (χ0) is 16.2. The minimum atomic E-state index is -0.423. The number of piperidine rings is 1. The van der Waals surface area contributed by atoms with E-state index in [1.165, 1.54) is 13.4 Å². The summed E-state index contributed by atoms with van der Waals surface area (Å²) in [6, 6.07) is 1.62. The van der Waals surface area contributed by atoms with E-state index in [-0.39, 0.29) is 18.2 Å². The summed E-state index contributed by atoms with van der Waals surface area (Å²) in [5.41, 5.74) is 0.440. The van der Waals surface area contributed by atoms with Gasteiger partial charge in [0.25, 0.3) is 5.91 Å². The molecule has 1 aliphatic heterocycles. The molecule has 2 aromatic heterocycles. The van der Waals surface area contributed by atoms with Crippen LogP contribution in [0.2, 0.25) is 0 Å². The fourth-order valence-corrected chi connectivity index (χ4v) is 3.61. The molecule has 1 aliphatic rings. The predicted octanol–water partition coefficient (Wildman–Crippen LogP) is 2.47. The van der Waals surface area contributed by atoms with E-state index in [9.17, 15) is 9.59 Å². The number of esters is 1. The highest BCUT2D eigenvalue weighted by atomic mass is 32.1. The minimum absolute atomic E-state index is 0.0334. The van der Waals surface area contributed by atoms with Crippen molar-refractivity contribution in [3.05, 3.63) is 40.2 Å². The number of furan rings is 1. The van der Waals surface area contributed by atoms with Crippen LogP contribution in [0.1, 0.15) is 39.9 Å². The van der Waals surface area contributed by atoms with Crippen LogP contribution in [0.25, 0.3) is 0 Å². The number of hydrogen-bond donors (Lipinski definition) is 0. The van der Waals surface area contributed by atoms with Crippen molar-refractivity contribution in [3.8, 4) is 0 Å². The topological polar surface area (TPSA) is 72.6 Å². The molecule has 0 radical (unpaired) electrons. The number of ether oxygens (including phenoxy) is 1. The number of rotatable bonds is 4. The van der Waals surface area contributed by atoms with Crippen molar-refractivity contribution >= 4 is 23.2 Å². The van der Waals surface area contributed by atoms with Crippen LogP contribution in [0.4, 0.5) is 0 Å². The van der Waals surface area contributed by atoms with Gasteiger partial charge in [0, 0.05) is 30.6 Å². The van der Waals surface area contributed by atoms with Gasteiger partial charge in [-0.25, -0.2) is 4.98 Å². The lowest BCUT2D eigenvalue weighted by Crippen LogP contribution is -2.39. The van der Waals surface area contributed by atoms with E-state index in [2.05, 4.69) is 9.72 Å². The Morgan fingerprint density at radius 2 is 2.39 bits per heavy atom. The zero-order valence-electron chi connectivity index (χ0n) is 12.9. The number of methoxy groups -OCH3 is 1. The highest BCUT2D eigenvalue weighted by Crippen LogP contribution is 2.29. The largest absolute Gasteiger partial charge is 0.469 e. The first-order valence-corrected chi connectivity index (χ1v) is 8.39. The van der Waals surface area contributed by atoms with Gasteiger partial charge in [-0.15, -0.1) is 11.3 Å². The van der Waals surface area contributed by atoms with E-state index in [4.69, 9.17) is 4.42 Å². The smallest absolute Gasteiger partial charge is 0.313 e. The van der Waals surface area contributed by atoms with Crippen molar-refractivity contribution in [1.29, 1.82) is 0 Å². The third-order valence-corrected chi connectivity index (χ3v) is 4.96. The fraction of sp³-hybridized carbons (Fsp3) is 0.438. The van der Waals surface area contributed by atoms with Crippen LogP contribution in [0.3, 0.4) is 0 Å². The Bertz CT molecular complexity index is 680. The third kappa shape index (κ3) is 3.44. The molecule has 0 aromatic carbocycles. The summed E-state index contributed by atoms with van der Waals surface area (Å²) in [5.74, 6) is 0.120. The molecule has 0 aliphatic carbocycles. The Morgan fingerprint density at radius 1 is 1.52 bits per heavy atom. The normalized spacial score (nSPS) is 18.0. The molecule has 1 unspecified atom stereocenters. The molecule has 0 N–H and O–H groups in total. The molecule has 6 nitrogen and oxygen atoms in total. The standard InChI is InChI=1S/C16H18N2O4S/c1-21-14(19)9-13-12(4-7-22-13)16(20)18-6-2-3-11(10-18)15-17-5-8-23-15/h4-5,7-8,11H,2-3,6,9-10H2,1H3. The number of nitrogens with zero attached hydrogens (tertiary/aromatic N) is 2. The molecule has 0 bridgehead atoms. The monoisotopic (exact) mass is 334 g/mol. The van der Waals surface area contributed by atoms with Crippen LogP contribution in [-0.4, -0.2) is 42.0 Å². The number of hydrogen-bond acceptors (Lipinski definition) is 6. The van der Waals surface area contributed by atoms with Gasteiger partial charge < -0.3 is 14.1 Å². The first-order chi connectivity index (χ1) is 11.2. The van der Waals surface area contributed by atoms with E-state index in [1.807, 2.05) is 10.3 Å². The van der Waals surface area contributed by atoms with E-state index in [0.29, 0.717) is 24.4 Å². The van der Waals surface area contributed by atoms with Crippen LogP contribution in [0.5, 0.6) is 0 Å². The van der Waals surface area contributed by atoms with Crippen LogP contribution >= 0.6 is 11.3 Å². The first kappa shape index (κ1) is 15.7. The van der Waals surface area contributed by atoms with Crippen LogP contribution in [0, 0.1) is 0 Å². The second-order valence-electron chi connectivity index (χ2n) is 5.47. The number of likely N-dealkylation sites (tertiary alicyclic amines) is 1. The second-order valence-corrected chi connectivity index (χ2v) is 6.40. The maximum absolute atomic E-state index is 12.8. The maximum Gasteiger partial charge on any atom is 0.313 e. The Hall–Kier alpha value is -2.15. The number of thiazole rings is 1. The number of aromatic nitrogens is 1. The summed E-state index contributed by atoms with van der Waals surface area (Å²) in [4.78, 5) is 30.4. The Balaban J connectivity index is 1.73. The summed E-state index contributed by atoms with van der Waals surface area (Å²) in [6.07, 6.45) is 5.19. The molecule has 3 rings (SSSR count). The van der Waals surface area contributed by atoms with Gasteiger partial charge in [0.15, 0.2) is 0 Å². The van der Waals surface area contributed by atoms with E-state index >= 15 is 0 Å². The van der Waals surface area contributed by atoms with Crippen LogP contribution in [0.15, 0.2) is 28.3 Å². The molecule has 23 heavy (non-hydrogen) atoms. The fourth-order valence-electron chi connectivity index (χ4n) is 2.84. The molecular weight excluding hydrogens is 316 g/mol. The summed E-state index contributed by atoms with van der Waals surface area (Å²) >= 11 is 1.63. The van der Waals surface area contributed by atoms with Gasteiger partial charge in [-0.1, -0.05) is 0 Å². The predicted molar refractivity (Wildman–Crippen MR) is 84.4 cm³/mol.